The Morgan fingerprint density at radius 2 is 1.83 bits per heavy atom. The lowest BCUT2D eigenvalue weighted by Gasteiger charge is -2.39. The number of hydrogen-bond donors (Lipinski definition) is 2. The van der Waals surface area contributed by atoms with Crippen molar-refractivity contribution in [1.29, 1.82) is 0 Å². The van der Waals surface area contributed by atoms with E-state index >= 15 is 0 Å². The molecule has 2 N–H and O–H groups in total. The predicted molar refractivity (Wildman–Crippen MR) is 111 cm³/mol. The van der Waals surface area contributed by atoms with Crippen molar-refractivity contribution in [1.82, 2.24) is 10.2 Å². The van der Waals surface area contributed by atoms with E-state index < -0.39 is 19.5 Å². The van der Waals surface area contributed by atoms with Crippen molar-refractivity contribution in [3.63, 3.8) is 0 Å². The first kappa shape index (κ1) is 21.5. The first-order valence-electron chi connectivity index (χ1n) is 9.73. The highest BCUT2D eigenvalue weighted by Gasteiger charge is 2.43. The van der Waals surface area contributed by atoms with Crippen LogP contribution in [-0.4, -0.2) is 35.0 Å². The molecular formula is C21H27N2O5P. The van der Waals surface area contributed by atoms with Gasteiger partial charge in [-0.15, -0.1) is 0 Å². The molecule has 1 aliphatic heterocycles. The summed E-state index contributed by atoms with van der Waals surface area (Å²) in [7, 11) is -3.45. The SMILES string of the molecule is CC(C)C[C@@H](C(=O)NO)N1CCCOP1(=O)c1ccc(Oc2ccccc2)cc1. The molecule has 0 bridgehead atoms. The van der Waals surface area contributed by atoms with Crippen LogP contribution in [0, 0.1) is 5.92 Å². The van der Waals surface area contributed by atoms with Crippen molar-refractivity contribution in [3.05, 3.63) is 54.6 Å². The molecule has 1 amide bonds. The topological polar surface area (TPSA) is 88.1 Å². The number of nitrogens with one attached hydrogen (secondary N) is 1. The Balaban J connectivity index is 1.87. The lowest BCUT2D eigenvalue weighted by molar-refractivity contribution is -0.134. The van der Waals surface area contributed by atoms with Gasteiger partial charge in [0.2, 0.25) is 0 Å². The van der Waals surface area contributed by atoms with E-state index in [4.69, 9.17) is 9.26 Å². The molecule has 2 aromatic rings. The summed E-state index contributed by atoms with van der Waals surface area (Å²) in [4.78, 5) is 12.3. The van der Waals surface area contributed by atoms with Crippen LogP contribution in [0.4, 0.5) is 0 Å². The quantitative estimate of drug-likeness (QED) is 0.402. The number of nitrogens with zero attached hydrogens (tertiary/aromatic N) is 1. The van der Waals surface area contributed by atoms with Gasteiger partial charge >= 0.3 is 7.52 Å². The highest BCUT2D eigenvalue weighted by atomic mass is 31.2. The van der Waals surface area contributed by atoms with Crippen LogP contribution in [0.3, 0.4) is 0 Å². The number of carbonyl (C=O) groups excluding carboxylic acids is 1. The van der Waals surface area contributed by atoms with Gasteiger partial charge in [-0.3, -0.25) is 14.6 Å². The molecule has 0 saturated carbocycles. The fourth-order valence-corrected chi connectivity index (χ4v) is 5.86. The van der Waals surface area contributed by atoms with E-state index in [0.29, 0.717) is 42.8 Å². The van der Waals surface area contributed by atoms with Crippen molar-refractivity contribution >= 4 is 18.7 Å². The lowest BCUT2D eigenvalue weighted by Crippen LogP contribution is -2.48. The number of hydrogen-bond acceptors (Lipinski definition) is 5. The van der Waals surface area contributed by atoms with E-state index in [-0.39, 0.29) is 5.92 Å². The minimum absolute atomic E-state index is 0.175. The van der Waals surface area contributed by atoms with Crippen molar-refractivity contribution in [2.24, 2.45) is 5.92 Å². The maximum absolute atomic E-state index is 13.9. The highest BCUT2D eigenvalue weighted by molar-refractivity contribution is 7.64. The molecule has 1 heterocycles. The first-order chi connectivity index (χ1) is 13.9. The Morgan fingerprint density at radius 1 is 1.17 bits per heavy atom. The number of ether oxygens (including phenoxy) is 1. The third-order valence-corrected chi connectivity index (χ3v) is 7.38. The molecule has 0 spiro atoms. The van der Waals surface area contributed by atoms with Gasteiger partial charge in [0.1, 0.15) is 11.5 Å². The van der Waals surface area contributed by atoms with Gasteiger partial charge < -0.3 is 9.26 Å². The summed E-state index contributed by atoms with van der Waals surface area (Å²) in [5, 5.41) is 9.69. The molecule has 3 rings (SSSR count). The van der Waals surface area contributed by atoms with E-state index in [2.05, 4.69) is 0 Å². The number of hydroxylamine groups is 1. The average molecular weight is 418 g/mol. The monoisotopic (exact) mass is 418 g/mol. The molecule has 0 aromatic heterocycles. The Morgan fingerprint density at radius 3 is 2.45 bits per heavy atom. The molecule has 156 valence electrons. The zero-order valence-corrected chi connectivity index (χ0v) is 17.5. The number of carbonyl (C=O) groups is 1. The van der Waals surface area contributed by atoms with Crippen LogP contribution in [0.25, 0.3) is 0 Å². The third kappa shape index (κ3) is 5.06. The summed E-state index contributed by atoms with van der Waals surface area (Å²) >= 11 is 0. The summed E-state index contributed by atoms with van der Waals surface area (Å²) in [5.41, 5.74) is 1.72. The van der Waals surface area contributed by atoms with E-state index in [0.717, 1.165) is 0 Å². The first-order valence-corrected chi connectivity index (χ1v) is 11.3. The smallest absolute Gasteiger partial charge is 0.303 e. The van der Waals surface area contributed by atoms with Crippen LogP contribution < -0.4 is 15.5 Å². The van der Waals surface area contributed by atoms with Crippen LogP contribution in [0.2, 0.25) is 0 Å². The zero-order valence-electron chi connectivity index (χ0n) is 16.7. The fourth-order valence-electron chi connectivity index (χ4n) is 3.40. The van der Waals surface area contributed by atoms with E-state index in [9.17, 15) is 14.6 Å². The molecule has 8 heteroatoms. The summed E-state index contributed by atoms with van der Waals surface area (Å²) in [6.07, 6.45) is 1.11. The Bertz CT molecular complexity index is 857. The van der Waals surface area contributed by atoms with Crippen LogP contribution >= 0.6 is 7.52 Å². The number of amides is 1. The van der Waals surface area contributed by atoms with Crippen LogP contribution in [-0.2, 0) is 13.9 Å². The van der Waals surface area contributed by atoms with Gasteiger partial charge in [0, 0.05) is 6.54 Å². The molecule has 1 fully saturated rings. The summed E-state index contributed by atoms with van der Waals surface area (Å²) in [5.74, 6) is 0.920. The second-order valence-electron chi connectivity index (χ2n) is 7.40. The van der Waals surface area contributed by atoms with Crippen LogP contribution in [0.5, 0.6) is 11.5 Å². The van der Waals surface area contributed by atoms with E-state index in [1.165, 1.54) is 0 Å². The minimum Gasteiger partial charge on any atom is -0.457 e. The van der Waals surface area contributed by atoms with Gasteiger partial charge in [-0.1, -0.05) is 32.0 Å². The van der Waals surface area contributed by atoms with Gasteiger partial charge in [-0.2, -0.15) is 0 Å². The average Bonchev–Trinajstić information content (AvgIpc) is 2.73. The van der Waals surface area contributed by atoms with Crippen molar-refractivity contribution in [2.45, 2.75) is 32.7 Å². The Labute approximate surface area is 171 Å². The van der Waals surface area contributed by atoms with Crippen LogP contribution in [0.1, 0.15) is 26.7 Å². The third-order valence-electron chi connectivity index (χ3n) is 4.75. The lowest BCUT2D eigenvalue weighted by atomic mass is 10.0. The molecular weight excluding hydrogens is 391 g/mol. The Hall–Kier alpha value is -2.18. The largest absolute Gasteiger partial charge is 0.457 e. The normalized spacial score (nSPS) is 21.0. The number of benzene rings is 2. The van der Waals surface area contributed by atoms with Crippen LogP contribution in [0.15, 0.2) is 54.6 Å². The summed E-state index contributed by atoms with van der Waals surface area (Å²) in [6.45, 7) is 4.75. The minimum atomic E-state index is -3.45. The Kier molecular flexibility index (Phi) is 7.09. The van der Waals surface area contributed by atoms with Crippen molar-refractivity contribution < 1.29 is 23.8 Å². The molecule has 7 nitrogen and oxygen atoms in total. The standard InChI is InChI=1S/C21H27N2O5P/c1-16(2)15-20(21(24)22-25)23-13-6-14-27-29(23,26)19-11-9-18(10-12-19)28-17-7-4-3-5-8-17/h3-5,7-12,16,20,25H,6,13-15H2,1-2H3,(H,22,24)/t20-,29?/m0/s1. The molecule has 1 unspecified atom stereocenters. The number of para-hydroxylation sites is 1. The van der Waals surface area contributed by atoms with Crippen molar-refractivity contribution in [3.8, 4) is 11.5 Å². The van der Waals surface area contributed by atoms with E-state index in [1.54, 1.807) is 34.4 Å². The second-order valence-corrected chi connectivity index (χ2v) is 9.73. The molecule has 1 aliphatic rings. The molecule has 29 heavy (non-hydrogen) atoms. The molecule has 0 aliphatic carbocycles. The van der Waals surface area contributed by atoms with E-state index in [1.807, 2.05) is 44.2 Å². The molecule has 1 saturated heterocycles. The zero-order chi connectivity index (χ0) is 20.9. The molecule has 0 radical (unpaired) electrons. The van der Waals surface area contributed by atoms with Crippen molar-refractivity contribution in [2.75, 3.05) is 13.2 Å². The van der Waals surface area contributed by atoms with Gasteiger partial charge in [0.25, 0.3) is 5.91 Å². The maximum atomic E-state index is 13.9. The maximum Gasteiger partial charge on any atom is 0.303 e. The summed E-state index contributed by atoms with van der Waals surface area (Å²) in [6, 6.07) is 15.5. The predicted octanol–water partition coefficient (Wildman–Crippen LogP) is 3.94. The highest BCUT2D eigenvalue weighted by Crippen LogP contribution is 2.54. The van der Waals surface area contributed by atoms with Gasteiger partial charge in [0.15, 0.2) is 0 Å². The summed E-state index contributed by atoms with van der Waals surface area (Å²) < 4.78 is 27.0. The second kappa shape index (κ2) is 9.55. The van der Waals surface area contributed by atoms with Gasteiger partial charge in [-0.05, 0) is 55.2 Å². The van der Waals surface area contributed by atoms with Gasteiger partial charge in [0.05, 0.1) is 18.0 Å². The van der Waals surface area contributed by atoms with Gasteiger partial charge in [-0.25, -0.2) is 10.2 Å². The molecule has 2 aromatic carbocycles. The number of rotatable bonds is 7. The fraction of sp³-hybridized carbons (Fsp3) is 0.381. The molecule has 2 atom stereocenters.